The van der Waals surface area contributed by atoms with Crippen LogP contribution in [0.4, 0.5) is 0 Å². The van der Waals surface area contributed by atoms with Gasteiger partial charge < -0.3 is 10.1 Å². The lowest BCUT2D eigenvalue weighted by Crippen LogP contribution is -2.68. The minimum Gasteiger partial charge on any atom is -0.382 e. The van der Waals surface area contributed by atoms with E-state index in [1.807, 2.05) is 0 Å². The molecular formula is C16H34N2O. The Kier molecular flexibility index (Phi) is 6.78. The van der Waals surface area contributed by atoms with Crippen LogP contribution in [-0.2, 0) is 4.74 Å². The van der Waals surface area contributed by atoms with E-state index in [1.54, 1.807) is 0 Å². The first kappa shape index (κ1) is 16.9. The predicted molar refractivity (Wildman–Crippen MR) is 82.7 cm³/mol. The van der Waals surface area contributed by atoms with Crippen molar-refractivity contribution in [2.24, 2.45) is 0 Å². The summed E-state index contributed by atoms with van der Waals surface area (Å²) >= 11 is 0. The van der Waals surface area contributed by atoms with Crippen LogP contribution in [0.1, 0.15) is 60.3 Å². The second-order valence-corrected chi connectivity index (χ2v) is 6.17. The molecule has 1 N–H and O–H groups in total. The lowest BCUT2D eigenvalue weighted by molar-refractivity contribution is -0.00379. The molecule has 19 heavy (non-hydrogen) atoms. The van der Waals surface area contributed by atoms with Crippen LogP contribution in [-0.4, -0.2) is 48.8 Å². The van der Waals surface area contributed by atoms with Gasteiger partial charge in [0.05, 0.1) is 0 Å². The van der Waals surface area contributed by atoms with Crippen molar-refractivity contribution in [1.82, 2.24) is 10.2 Å². The lowest BCUT2D eigenvalue weighted by Gasteiger charge is -2.53. The van der Waals surface area contributed by atoms with E-state index in [0.29, 0.717) is 5.54 Å². The van der Waals surface area contributed by atoms with Gasteiger partial charge in [0.25, 0.3) is 0 Å². The van der Waals surface area contributed by atoms with E-state index < -0.39 is 0 Å². The molecular weight excluding hydrogens is 236 g/mol. The van der Waals surface area contributed by atoms with Gasteiger partial charge in [-0.2, -0.15) is 0 Å². The molecule has 0 radical (unpaired) electrons. The number of nitrogens with one attached hydrogen (secondary N) is 1. The Hall–Kier alpha value is -0.120. The zero-order valence-electron chi connectivity index (χ0n) is 13.7. The molecule has 114 valence electrons. The van der Waals surface area contributed by atoms with Crippen molar-refractivity contribution in [3.8, 4) is 0 Å². The maximum atomic E-state index is 5.50. The number of ether oxygens (including phenoxy) is 1. The van der Waals surface area contributed by atoms with Crippen LogP contribution < -0.4 is 5.32 Å². The average Bonchev–Trinajstić information content (AvgIpc) is 2.44. The maximum absolute atomic E-state index is 5.50. The van der Waals surface area contributed by atoms with Gasteiger partial charge >= 0.3 is 0 Å². The van der Waals surface area contributed by atoms with Crippen LogP contribution >= 0.6 is 0 Å². The first-order valence-electron chi connectivity index (χ1n) is 8.13. The molecule has 0 spiro atoms. The summed E-state index contributed by atoms with van der Waals surface area (Å²) < 4.78 is 5.50. The molecule has 1 aliphatic rings. The maximum Gasteiger partial charge on any atom is 0.0478 e. The highest BCUT2D eigenvalue weighted by Gasteiger charge is 2.42. The molecule has 1 unspecified atom stereocenters. The molecule has 1 saturated heterocycles. The summed E-state index contributed by atoms with van der Waals surface area (Å²) in [6.07, 6.45) is 4.80. The predicted octanol–water partition coefficient (Wildman–Crippen LogP) is 3.05. The zero-order valence-corrected chi connectivity index (χ0v) is 13.7. The van der Waals surface area contributed by atoms with Gasteiger partial charge in [-0.1, -0.05) is 20.8 Å². The van der Waals surface area contributed by atoms with Crippen molar-refractivity contribution in [3.05, 3.63) is 0 Å². The van der Waals surface area contributed by atoms with E-state index >= 15 is 0 Å². The third-order valence-corrected chi connectivity index (χ3v) is 5.07. The highest BCUT2D eigenvalue weighted by molar-refractivity contribution is 5.02. The number of piperazine rings is 1. The summed E-state index contributed by atoms with van der Waals surface area (Å²) in [5.74, 6) is 0. The quantitative estimate of drug-likeness (QED) is 0.686. The second kappa shape index (κ2) is 7.61. The van der Waals surface area contributed by atoms with Gasteiger partial charge in [0, 0.05) is 43.9 Å². The van der Waals surface area contributed by atoms with Crippen LogP contribution in [0.5, 0.6) is 0 Å². The Morgan fingerprint density at radius 2 is 1.79 bits per heavy atom. The number of hydrogen-bond acceptors (Lipinski definition) is 3. The van der Waals surface area contributed by atoms with Crippen LogP contribution in [0, 0.1) is 0 Å². The molecule has 0 saturated carbocycles. The summed E-state index contributed by atoms with van der Waals surface area (Å²) in [7, 11) is 0. The highest BCUT2D eigenvalue weighted by atomic mass is 16.5. The van der Waals surface area contributed by atoms with Crippen molar-refractivity contribution in [3.63, 3.8) is 0 Å². The van der Waals surface area contributed by atoms with Gasteiger partial charge in [0.1, 0.15) is 0 Å². The van der Waals surface area contributed by atoms with Crippen molar-refractivity contribution in [1.29, 1.82) is 0 Å². The minimum absolute atomic E-state index is 0.277. The standard InChI is InChI=1S/C16H34N2O/c1-6-15(5)14-18(11-10-12-19-9-4)16(7-2,8-3)13-17-15/h17H,6-14H2,1-5H3. The second-order valence-electron chi connectivity index (χ2n) is 6.17. The summed E-state index contributed by atoms with van der Waals surface area (Å²) in [4.78, 5) is 2.73. The summed E-state index contributed by atoms with van der Waals surface area (Å²) in [5, 5.41) is 3.80. The smallest absolute Gasteiger partial charge is 0.0478 e. The largest absolute Gasteiger partial charge is 0.382 e. The van der Waals surface area contributed by atoms with Gasteiger partial charge in [-0.25, -0.2) is 0 Å². The van der Waals surface area contributed by atoms with Crippen molar-refractivity contribution >= 4 is 0 Å². The topological polar surface area (TPSA) is 24.5 Å². The van der Waals surface area contributed by atoms with Gasteiger partial charge in [-0.15, -0.1) is 0 Å². The van der Waals surface area contributed by atoms with E-state index in [1.165, 1.54) is 25.8 Å². The van der Waals surface area contributed by atoms with E-state index in [9.17, 15) is 0 Å². The first-order valence-corrected chi connectivity index (χ1v) is 8.13. The molecule has 0 aromatic heterocycles. The molecule has 3 nitrogen and oxygen atoms in total. The highest BCUT2D eigenvalue weighted by Crippen LogP contribution is 2.31. The molecule has 1 atom stereocenters. The van der Waals surface area contributed by atoms with E-state index in [0.717, 1.165) is 32.7 Å². The number of rotatable bonds is 8. The fourth-order valence-corrected chi connectivity index (χ4v) is 3.14. The molecule has 1 heterocycles. The van der Waals surface area contributed by atoms with Gasteiger partial charge in [-0.05, 0) is 39.5 Å². The first-order chi connectivity index (χ1) is 9.05. The monoisotopic (exact) mass is 270 g/mol. The van der Waals surface area contributed by atoms with Crippen LogP contribution in [0.3, 0.4) is 0 Å². The SMILES string of the molecule is CCOCCCN1CC(C)(CC)NCC1(CC)CC. The Balaban J connectivity index is 2.65. The molecule has 0 bridgehead atoms. The fourth-order valence-electron chi connectivity index (χ4n) is 3.14. The molecule has 0 aliphatic carbocycles. The Morgan fingerprint density at radius 1 is 1.11 bits per heavy atom. The lowest BCUT2D eigenvalue weighted by atomic mass is 9.82. The summed E-state index contributed by atoms with van der Waals surface area (Å²) in [6, 6.07) is 0. The zero-order chi connectivity index (χ0) is 14.4. The molecule has 1 aliphatic heterocycles. The Morgan fingerprint density at radius 3 is 2.32 bits per heavy atom. The third-order valence-electron chi connectivity index (χ3n) is 5.07. The van der Waals surface area contributed by atoms with E-state index in [-0.39, 0.29) is 5.54 Å². The van der Waals surface area contributed by atoms with Gasteiger partial charge in [-0.3, -0.25) is 4.90 Å². The van der Waals surface area contributed by atoms with Crippen LogP contribution in [0.25, 0.3) is 0 Å². The van der Waals surface area contributed by atoms with Crippen molar-refractivity contribution in [2.75, 3.05) is 32.8 Å². The van der Waals surface area contributed by atoms with Crippen LogP contribution in [0.2, 0.25) is 0 Å². The minimum atomic E-state index is 0.277. The van der Waals surface area contributed by atoms with E-state index in [2.05, 4.69) is 44.8 Å². The van der Waals surface area contributed by atoms with Crippen molar-refractivity contribution in [2.45, 2.75) is 71.4 Å². The molecule has 1 fully saturated rings. The van der Waals surface area contributed by atoms with E-state index in [4.69, 9.17) is 4.74 Å². The normalized spacial score (nSPS) is 27.6. The molecule has 3 heteroatoms. The molecule has 0 amide bonds. The van der Waals surface area contributed by atoms with Gasteiger partial charge in [0.15, 0.2) is 0 Å². The summed E-state index contributed by atoms with van der Waals surface area (Å²) in [5.41, 5.74) is 0.625. The fraction of sp³-hybridized carbons (Fsp3) is 1.00. The Bertz CT molecular complexity index is 253. The molecule has 0 aromatic carbocycles. The Labute approximate surface area is 120 Å². The van der Waals surface area contributed by atoms with Crippen molar-refractivity contribution < 1.29 is 4.74 Å². The molecule has 0 aromatic rings. The third kappa shape index (κ3) is 4.17. The summed E-state index contributed by atoms with van der Waals surface area (Å²) in [6.45, 7) is 16.6. The van der Waals surface area contributed by atoms with Crippen LogP contribution in [0.15, 0.2) is 0 Å². The number of nitrogens with zero attached hydrogens (tertiary/aromatic N) is 1. The van der Waals surface area contributed by atoms with Gasteiger partial charge in [0.2, 0.25) is 0 Å². The number of hydrogen-bond donors (Lipinski definition) is 1. The average molecular weight is 270 g/mol. The molecule has 1 rings (SSSR count).